The monoisotopic (exact) mass is 220 g/mol. The lowest BCUT2D eigenvalue weighted by Gasteiger charge is -2.21. The molecule has 1 nitrogen and oxygen atoms in total. The van der Waals surface area contributed by atoms with Crippen LogP contribution >= 0.6 is 0 Å². The molecule has 1 aromatic rings. The standard InChI is InChI=1S/C13H20OSi/c1-5-13(2)12(14-13)15(3,4)11-9-7-6-8-10-11/h6-10,12H,5H2,1-4H3/t12-,13-/m1/s1. The van der Waals surface area contributed by atoms with Gasteiger partial charge in [-0.15, -0.1) is 0 Å². The molecule has 1 aromatic carbocycles. The molecule has 0 bridgehead atoms. The van der Waals surface area contributed by atoms with Crippen molar-refractivity contribution in [3.05, 3.63) is 30.3 Å². The predicted octanol–water partition coefficient (Wildman–Crippen LogP) is 2.71. The van der Waals surface area contributed by atoms with E-state index in [0.29, 0.717) is 5.73 Å². The summed E-state index contributed by atoms with van der Waals surface area (Å²) in [7, 11) is -1.42. The van der Waals surface area contributed by atoms with Crippen molar-refractivity contribution >= 4 is 13.3 Å². The molecule has 0 saturated carbocycles. The largest absolute Gasteiger partial charge is 0.370 e. The summed E-state index contributed by atoms with van der Waals surface area (Å²) in [6, 6.07) is 10.9. The highest BCUT2D eigenvalue weighted by Crippen LogP contribution is 2.44. The van der Waals surface area contributed by atoms with E-state index in [1.807, 2.05) is 0 Å². The maximum Gasteiger partial charge on any atom is 0.117 e. The minimum Gasteiger partial charge on any atom is -0.370 e. The zero-order chi connectivity index (χ0) is 11.1. The summed E-state index contributed by atoms with van der Waals surface area (Å²) in [5.74, 6) is 0. The van der Waals surface area contributed by atoms with Crippen LogP contribution in [0.25, 0.3) is 0 Å². The van der Waals surface area contributed by atoms with Gasteiger partial charge in [-0.05, 0) is 13.3 Å². The van der Waals surface area contributed by atoms with Crippen molar-refractivity contribution in [2.45, 2.75) is 44.7 Å². The van der Waals surface area contributed by atoms with Crippen molar-refractivity contribution in [1.29, 1.82) is 0 Å². The summed E-state index contributed by atoms with van der Waals surface area (Å²) in [4.78, 5) is 0. The second-order valence-corrected chi connectivity index (χ2v) is 9.80. The summed E-state index contributed by atoms with van der Waals surface area (Å²) in [6.45, 7) is 9.28. The molecule has 82 valence electrons. The van der Waals surface area contributed by atoms with Crippen LogP contribution in [-0.2, 0) is 4.74 Å². The highest BCUT2D eigenvalue weighted by molar-refractivity contribution is 6.91. The lowest BCUT2D eigenvalue weighted by atomic mass is 10.1. The number of hydrogen-bond acceptors (Lipinski definition) is 1. The topological polar surface area (TPSA) is 12.5 Å². The van der Waals surface area contributed by atoms with E-state index in [0.717, 1.165) is 6.42 Å². The molecular weight excluding hydrogens is 200 g/mol. The smallest absolute Gasteiger partial charge is 0.117 e. The molecule has 0 spiro atoms. The molecule has 1 saturated heterocycles. The molecule has 1 fully saturated rings. The SMILES string of the molecule is CC[C@@]1(C)O[C@@H]1[Si](C)(C)c1ccccc1. The quantitative estimate of drug-likeness (QED) is 0.563. The minimum atomic E-state index is -1.42. The number of ether oxygens (including phenoxy) is 1. The van der Waals surface area contributed by atoms with Gasteiger partial charge in [-0.1, -0.05) is 55.5 Å². The van der Waals surface area contributed by atoms with Crippen LogP contribution in [0.4, 0.5) is 0 Å². The van der Waals surface area contributed by atoms with E-state index in [-0.39, 0.29) is 5.60 Å². The van der Waals surface area contributed by atoms with Crippen molar-refractivity contribution in [2.24, 2.45) is 0 Å². The molecule has 0 radical (unpaired) electrons. The van der Waals surface area contributed by atoms with Crippen LogP contribution in [0.2, 0.25) is 13.1 Å². The Morgan fingerprint density at radius 3 is 2.33 bits per heavy atom. The number of rotatable bonds is 3. The molecule has 2 atom stereocenters. The zero-order valence-electron chi connectivity index (χ0n) is 10.1. The van der Waals surface area contributed by atoms with Crippen molar-refractivity contribution in [1.82, 2.24) is 0 Å². The summed E-state index contributed by atoms with van der Waals surface area (Å²) in [6.07, 6.45) is 1.13. The molecule has 0 amide bonds. The summed E-state index contributed by atoms with van der Waals surface area (Å²) in [5, 5.41) is 1.51. The summed E-state index contributed by atoms with van der Waals surface area (Å²) < 4.78 is 5.93. The van der Waals surface area contributed by atoms with E-state index in [2.05, 4.69) is 57.3 Å². The van der Waals surface area contributed by atoms with Crippen LogP contribution in [0.1, 0.15) is 20.3 Å². The van der Waals surface area contributed by atoms with E-state index in [1.165, 1.54) is 5.19 Å². The van der Waals surface area contributed by atoms with E-state index in [9.17, 15) is 0 Å². The Kier molecular flexibility index (Phi) is 2.51. The maximum absolute atomic E-state index is 5.93. The zero-order valence-corrected chi connectivity index (χ0v) is 11.1. The first-order chi connectivity index (χ1) is 7.00. The molecule has 0 N–H and O–H groups in total. The Hall–Kier alpha value is -0.603. The second-order valence-electron chi connectivity index (χ2n) is 5.25. The van der Waals surface area contributed by atoms with Gasteiger partial charge in [0.15, 0.2) is 0 Å². The maximum atomic E-state index is 5.93. The molecular formula is C13H20OSi. The first kappa shape index (κ1) is 10.9. The normalized spacial score (nSPS) is 30.3. The Morgan fingerprint density at radius 2 is 1.87 bits per heavy atom. The lowest BCUT2D eigenvalue weighted by Crippen LogP contribution is -2.49. The van der Waals surface area contributed by atoms with Crippen LogP contribution in [0, 0.1) is 0 Å². The van der Waals surface area contributed by atoms with E-state index < -0.39 is 8.07 Å². The summed E-state index contributed by atoms with van der Waals surface area (Å²) in [5.41, 5.74) is 0.656. The number of epoxide rings is 1. The molecule has 15 heavy (non-hydrogen) atoms. The average Bonchev–Trinajstić information content (AvgIpc) is 2.94. The first-order valence-corrected chi connectivity index (χ1v) is 8.82. The molecule has 0 unspecified atom stereocenters. The van der Waals surface area contributed by atoms with E-state index >= 15 is 0 Å². The van der Waals surface area contributed by atoms with E-state index in [1.54, 1.807) is 0 Å². The molecule has 0 aromatic heterocycles. The van der Waals surface area contributed by atoms with Crippen molar-refractivity contribution < 1.29 is 4.74 Å². The minimum absolute atomic E-state index is 0.158. The van der Waals surface area contributed by atoms with Gasteiger partial charge in [-0.2, -0.15) is 0 Å². The van der Waals surface area contributed by atoms with Crippen LogP contribution in [0.5, 0.6) is 0 Å². The van der Waals surface area contributed by atoms with Crippen molar-refractivity contribution in [3.63, 3.8) is 0 Å². The molecule has 1 aliphatic heterocycles. The van der Waals surface area contributed by atoms with Gasteiger partial charge in [0, 0.05) is 0 Å². The third kappa shape index (κ3) is 1.77. The average molecular weight is 220 g/mol. The molecule has 2 rings (SSSR count). The van der Waals surface area contributed by atoms with Gasteiger partial charge in [0.05, 0.1) is 11.3 Å². The number of hydrogen-bond donors (Lipinski definition) is 0. The predicted molar refractivity (Wildman–Crippen MR) is 67.1 cm³/mol. The van der Waals surface area contributed by atoms with Gasteiger partial charge in [0.2, 0.25) is 0 Å². The van der Waals surface area contributed by atoms with Crippen LogP contribution in [0.15, 0.2) is 30.3 Å². The highest BCUT2D eigenvalue weighted by Gasteiger charge is 2.59. The third-order valence-corrected chi connectivity index (χ3v) is 7.62. The molecule has 0 aliphatic carbocycles. The molecule has 1 aliphatic rings. The second kappa shape index (κ2) is 3.46. The fourth-order valence-corrected chi connectivity index (χ4v) is 6.08. The van der Waals surface area contributed by atoms with Gasteiger partial charge < -0.3 is 4.74 Å². The first-order valence-electron chi connectivity index (χ1n) is 5.74. The van der Waals surface area contributed by atoms with Gasteiger partial charge in [0.1, 0.15) is 8.07 Å². The van der Waals surface area contributed by atoms with Crippen molar-refractivity contribution in [2.75, 3.05) is 0 Å². The van der Waals surface area contributed by atoms with E-state index in [4.69, 9.17) is 4.74 Å². The Bertz CT molecular complexity index is 347. The Balaban J connectivity index is 2.23. The fourth-order valence-electron chi connectivity index (χ4n) is 2.43. The highest BCUT2D eigenvalue weighted by atomic mass is 28.3. The molecule has 2 heteroatoms. The molecule has 1 heterocycles. The Labute approximate surface area is 93.5 Å². The third-order valence-electron chi connectivity index (χ3n) is 3.76. The number of benzene rings is 1. The van der Waals surface area contributed by atoms with Gasteiger partial charge >= 0.3 is 0 Å². The van der Waals surface area contributed by atoms with Crippen LogP contribution < -0.4 is 5.19 Å². The van der Waals surface area contributed by atoms with Gasteiger partial charge in [-0.25, -0.2) is 0 Å². The van der Waals surface area contributed by atoms with Gasteiger partial charge in [-0.3, -0.25) is 0 Å². The van der Waals surface area contributed by atoms with Crippen molar-refractivity contribution in [3.8, 4) is 0 Å². The lowest BCUT2D eigenvalue weighted by molar-refractivity contribution is 0.312. The fraction of sp³-hybridized carbons (Fsp3) is 0.538. The summed E-state index contributed by atoms with van der Waals surface area (Å²) >= 11 is 0. The van der Waals surface area contributed by atoms with Crippen LogP contribution in [-0.4, -0.2) is 19.4 Å². The Morgan fingerprint density at radius 1 is 1.27 bits per heavy atom. The van der Waals surface area contributed by atoms with Gasteiger partial charge in [0.25, 0.3) is 0 Å². The van der Waals surface area contributed by atoms with Crippen LogP contribution in [0.3, 0.4) is 0 Å².